The van der Waals surface area contributed by atoms with Crippen LogP contribution in [-0.4, -0.2) is 22.7 Å². The number of ether oxygens (including phenoxy) is 2. The predicted octanol–water partition coefficient (Wildman–Crippen LogP) is 4.19. The maximum atomic E-state index is 12.2. The smallest absolute Gasteiger partial charge is 0.338 e. The number of nitrogens with zero attached hydrogens (tertiary/aromatic N) is 2. The molecule has 0 radical (unpaired) electrons. The molecule has 1 aromatic carbocycles. The van der Waals surface area contributed by atoms with Crippen molar-refractivity contribution in [2.24, 2.45) is 5.92 Å². The van der Waals surface area contributed by atoms with E-state index >= 15 is 0 Å². The van der Waals surface area contributed by atoms with Crippen LogP contribution in [0.3, 0.4) is 0 Å². The molecule has 2 aromatic heterocycles. The molecule has 7 heteroatoms. The highest BCUT2D eigenvalue weighted by molar-refractivity contribution is 7.13. The number of esters is 1. The predicted molar refractivity (Wildman–Crippen MR) is 93.5 cm³/mol. The van der Waals surface area contributed by atoms with Gasteiger partial charge in [-0.25, -0.2) is 4.79 Å². The van der Waals surface area contributed by atoms with Crippen molar-refractivity contribution in [1.29, 1.82) is 0 Å². The third-order valence-corrected chi connectivity index (χ3v) is 4.06. The standard InChI is InChI=1S/C18H18N2O4S/c1-12(2)10-22-14-6-3-5-13(9-14)18(21)23-11-16-19-17(20-24-16)15-7-4-8-25-15/h3-9,12H,10-11H2,1-2H3. The van der Waals surface area contributed by atoms with E-state index in [-0.39, 0.29) is 12.5 Å². The van der Waals surface area contributed by atoms with E-state index in [2.05, 4.69) is 24.0 Å². The lowest BCUT2D eigenvalue weighted by Gasteiger charge is -2.09. The molecular formula is C18H18N2O4S. The molecule has 3 aromatic rings. The van der Waals surface area contributed by atoms with E-state index in [4.69, 9.17) is 14.0 Å². The highest BCUT2D eigenvalue weighted by atomic mass is 32.1. The van der Waals surface area contributed by atoms with Gasteiger partial charge in [0, 0.05) is 0 Å². The van der Waals surface area contributed by atoms with Crippen molar-refractivity contribution in [1.82, 2.24) is 10.1 Å². The number of rotatable bonds is 7. The number of carbonyl (C=O) groups is 1. The fourth-order valence-electron chi connectivity index (χ4n) is 2.01. The lowest BCUT2D eigenvalue weighted by Crippen LogP contribution is -2.07. The fourth-order valence-corrected chi connectivity index (χ4v) is 2.65. The number of carbonyl (C=O) groups excluding carboxylic acids is 1. The first-order valence-electron chi connectivity index (χ1n) is 7.88. The molecule has 25 heavy (non-hydrogen) atoms. The van der Waals surface area contributed by atoms with Crippen LogP contribution in [0.15, 0.2) is 46.3 Å². The van der Waals surface area contributed by atoms with Crippen molar-refractivity contribution in [2.45, 2.75) is 20.5 Å². The summed E-state index contributed by atoms with van der Waals surface area (Å²) < 4.78 is 16.0. The first kappa shape index (κ1) is 17.2. The lowest BCUT2D eigenvalue weighted by molar-refractivity contribution is 0.0429. The molecule has 0 fully saturated rings. The zero-order valence-corrected chi connectivity index (χ0v) is 14.8. The van der Waals surface area contributed by atoms with Gasteiger partial charge in [0.25, 0.3) is 5.89 Å². The quantitative estimate of drug-likeness (QED) is 0.590. The number of hydrogen-bond acceptors (Lipinski definition) is 7. The van der Waals surface area contributed by atoms with Crippen LogP contribution < -0.4 is 4.74 Å². The van der Waals surface area contributed by atoms with Crippen LogP contribution in [0.5, 0.6) is 5.75 Å². The minimum atomic E-state index is -0.467. The van der Waals surface area contributed by atoms with Crippen molar-refractivity contribution in [3.05, 3.63) is 53.2 Å². The molecule has 0 amide bonds. The molecule has 3 rings (SSSR count). The maximum Gasteiger partial charge on any atom is 0.338 e. The molecule has 0 atom stereocenters. The Morgan fingerprint density at radius 3 is 2.92 bits per heavy atom. The normalized spacial score (nSPS) is 10.8. The summed E-state index contributed by atoms with van der Waals surface area (Å²) in [6.07, 6.45) is 0. The SMILES string of the molecule is CC(C)COc1cccc(C(=O)OCc2nc(-c3cccs3)no2)c1. The van der Waals surface area contributed by atoms with E-state index in [9.17, 15) is 4.79 Å². The van der Waals surface area contributed by atoms with Gasteiger partial charge in [0.05, 0.1) is 17.0 Å². The van der Waals surface area contributed by atoms with Gasteiger partial charge < -0.3 is 14.0 Å². The highest BCUT2D eigenvalue weighted by Crippen LogP contribution is 2.21. The van der Waals surface area contributed by atoms with E-state index in [0.29, 0.717) is 29.7 Å². The molecule has 0 aliphatic rings. The van der Waals surface area contributed by atoms with Gasteiger partial charge in [0.2, 0.25) is 5.82 Å². The second-order valence-electron chi connectivity index (χ2n) is 5.80. The van der Waals surface area contributed by atoms with Gasteiger partial charge >= 0.3 is 5.97 Å². The number of benzene rings is 1. The van der Waals surface area contributed by atoms with E-state index < -0.39 is 5.97 Å². The summed E-state index contributed by atoms with van der Waals surface area (Å²) in [5.41, 5.74) is 0.416. The van der Waals surface area contributed by atoms with Gasteiger partial charge in [-0.2, -0.15) is 4.98 Å². The molecule has 0 unspecified atom stereocenters. The second-order valence-corrected chi connectivity index (χ2v) is 6.75. The average Bonchev–Trinajstić information content (AvgIpc) is 3.29. The van der Waals surface area contributed by atoms with Crippen LogP contribution in [0.4, 0.5) is 0 Å². The Hall–Kier alpha value is -2.67. The summed E-state index contributed by atoms with van der Waals surface area (Å²) in [6.45, 7) is 4.64. The summed E-state index contributed by atoms with van der Waals surface area (Å²) in [6, 6.07) is 10.7. The molecule has 6 nitrogen and oxygen atoms in total. The van der Waals surface area contributed by atoms with Crippen LogP contribution in [0.2, 0.25) is 0 Å². The fraction of sp³-hybridized carbons (Fsp3) is 0.278. The first-order valence-corrected chi connectivity index (χ1v) is 8.76. The van der Waals surface area contributed by atoms with Gasteiger partial charge in [-0.3, -0.25) is 0 Å². The molecule has 0 spiro atoms. The van der Waals surface area contributed by atoms with E-state index in [1.54, 1.807) is 18.2 Å². The summed E-state index contributed by atoms with van der Waals surface area (Å²) in [5.74, 6) is 1.33. The summed E-state index contributed by atoms with van der Waals surface area (Å²) >= 11 is 1.51. The van der Waals surface area contributed by atoms with Gasteiger partial charge in [0.1, 0.15) is 5.75 Å². The first-order chi connectivity index (χ1) is 12.1. The minimum Gasteiger partial charge on any atom is -0.493 e. The average molecular weight is 358 g/mol. The molecule has 0 N–H and O–H groups in total. The molecular weight excluding hydrogens is 340 g/mol. The van der Waals surface area contributed by atoms with Crippen LogP contribution in [-0.2, 0) is 11.3 Å². The topological polar surface area (TPSA) is 74.5 Å². The monoisotopic (exact) mass is 358 g/mol. The molecule has 0 aliphatic heterocycles. The highest BCUT2D eigenvalue weighted by Gasteiger charge is 2.13. The Labute approximate surface area is 149 Å². The summed E-state index contributed by atoms with van der Waals surface area (Å²) in [4.78, 5) is 17.3. The molecule has 0 saturated heterocycles. The number of thiophene rings is 1. The number of aromatic nitrogens is 2. The third kappa shape index (κ3) is 4.67. The zero-order valence-electron chi connectivity index (χ0n) is 14.0. The molecule has 130 valence electrons. The van der Waals surface area contributed by atoms with Crippen LogP contribution >= 0.6 is 11.3 Å². The lowest BCUT2D eigenvalue weighted by atomic mass is 10.2. The third-order valence-electron chi connectivity index (χ3n) is 3.19. The second kappa shape index (κ2) is 7.94. The van der Waals surface area contributed by atoms with Crippen LogP contribution in [0, 0.1) is 5.92 Å². The van der Waals surface area contributed by atoms with Gasteiger partial charge in [-0.15, -0.1) is 11.3 Å². The van der Waals surface area contributed by atoms with E-state index in [0.717, 1.165) is 4.88 Å². The van der Waals surface area contributed by atoms with E-state index in [1.165, 1.54) is 11.3 Å². The Balaban J connectivity index is 1.58. The Morgan fingerprint density at radius 2 is 2.16 bits per heavy atom. The van der Waals surface area contributed by atoms with Crippen molar-refractivity contribution < 1.29 is 18.8 Å². The zero-order chi connectivity index (χ0) is 17.6. The largest absolute Gasteiger partial charge is 0.493 e. The summed E-state index contributed by atoms with van der Waals surface area (Å²) in [5, 5.41) is 5.81. The van der Waals surface area contributed by atoms with Gasteiger partial charge in [-0.05, 0) is 35.6 Å². The van der Waals surface area contributed by atoms with E-state index in [1.807, 2.05) is 23.6 Å². The maximum absolute atomic E-state index is 12.2. The number of hydrogen-bond donors (Lipinski definition) is 0. The van der Waals surface area contributed by atoms with Crippen molar-refractivity contribution >= 4 is 17.3 Å². The Bertz CT molecular complexity index is 827. The molecule has 0 saturated carbocycles. The Morgan fingerprint density at radius 1 is 1.28 bits per heavy atom. The molecule has 2 heterocycles. The molecule has 0 bridgehead atoms. The Kier molecular flexibility index (Phi) is 5.45. The minimum absolute atomic E-state index is 0.0751. The van der Waals surface area contributed by atoms with Crippen LogP contribution in [0.25, 0.3) is 10.7 Å². The summed E-state index contributed by atoms with van der Waals surface area (Å²) in [7, 11) is 0. The molecule has 0 aliphatic carbocycles. The van der Waals surface area contributed by atoms with Gasteiger partial charge in [0.15, 0.2) is 6.61 Å². The van der Waals surface area contributed by atoms with Gasteiger partial charge in [-0.1, -0.05) is 31.1 Å². The van der Waals surface area contributed by atoms with Crippen LogP contribution in [0.1, 0.15) is 30.1 Å². The van der Waals surface area contributed by atoms with Crippen molar-refractivity contribution in [3.63, 3.8) is 0 Å². The van der Waals surface area contributed by atoms with Crippen molar-refractivity contribution in [2.75, 3.05) is 6.61 Å². The van der Waals surface area contributed by atoms with Crippen molar-refractivity contribution in [3.8, 4) is 16.5 Å².